The lowest BCUT2D eigenvalue weighted by Crippen LogP contribution is -2.64. The maximum absolute atomic E-state index is 12.6. The number of hydrogen-bond acceptors (Lipinski definition) is 12. The summed E-state index contributed by atoms with van der Waals surface area (Å²) in [5.74, 6) is 0.151. The Bertz CT molecular complexity index is 1690. The highest BCUT2D eigenvalue weighted by molar-refractivity contribution is 5.66. The summed E-state index contributed by atoms with van der Waals surface area (Å²) in [4.78, 5) is 12.6. The molecule has 2 saturated heterocycles. The van der Waals surface area contributed by atoms with Gasteiger partial charge in [0.15, 0.2) is 12.4 Å². The first-order chi connectivity index (χ1) is 26.9. The number of carbonyl (C=O) groups excluding carboxylic acids is 1. The van der Waals surface area contributed by atoms with Gasteiger partial charge in [0.1, 0.15) is 42.4 Å². The molecule has 1 N–H and O–H groups in total. The fraction of sp³-hybridized carbons (Fsp3) is 0.419. The van der Waals surface area contributed by atoms with E-state index in [-0.39, 0.29) is 39.6 Å². The molecule has 2 aliphatic rings. The van der Waals surface area contributed by atoms with Crippen molar-refractivity contribution < 1.29 is 57.3 Å². The third kappa shape index (κ3) is 11.4. The van der Waals surface area contributed by atoms with Gasteiger partial charge in [0.25, 0.3) is 0 Å². The Labute approximate surface area is 322 Å². The van der Waals surface area contributed by atoms with Gasteiger partial charge in [-0.15, -0.1) is 0 Å². The summed E-state index contributed by atoms with van der Waals surface area (Å²) in [6.07, 6.45) is -8.86. The highest BCUT2D eigenvalue weighted by atomic mass is 16.8. The van der Waals surface area contributed by atoms with Crippen LogP contribution < -0.4 is 4.74 Å². The van der Waals surface area contributed by atoms with Crippen LogP contribution >= 0.6 is 0 Å². The van der Waals surface area contributed by atoms with Crippen molar-refractivity contribution in [2.75, 3.05) is 27.4 Å². The van der Waals surface area contributed by atoms with E-state index in [1.807, 2.05) is 115 Å². The van der Waals surface area contributed by atoms with Crippen molar-refractivity contribution in [3.63, 3.8) is 0 Å². The van der Waals surface area contributed by atoms with Crippen molar-refractivity contribution in [3.05, 3.63) is 138 Å². The molecule has 55 heavy (non-hydrogen) atoms. The van der Waals surface area contributed by atoms with E-state index in [0.717, 1.165) is 28.0 Å². The molecule has 0 spiro atoms. The highest BCUT2D eigenvalue weighted by Gasteiger charge is 2.52. The van der Waals surface area contributed by atoms with Crippen LogP contribution in [0.25, 0.3) is 0 Å². The molecule has 0 bridgehead atoms. The van der Waals surface area contributed by atoms with Crippen LogP contribution in [-0.2, 0) is 73.9 Å². The Morgan fingerprint density at radius 1 is 0.636 bits per heavy atom. The van der Waals surface area contributed by atoms with Gasteiger partial charge >= 0.3 is 5.97 Å². The van der Waals surface area contributed by atoms with Crippen LogP contribution in [0.1, 0.15) is 29.2 Å². The average Bonchev–Trinajstić information content (AvgIpc) is 3.21. The van der Waals surface area contributed by atoms with Crippen LogP contribution in [0, 0.1) is 0 Å². The van der Waals surface area contributed by atoms with Crippen LogP contribution in [0.4, 0.5) is 0 Å². The standard InChI is InChI=1S/C43H50O12/c1-29(44)53-41-38(49-24-31-15-9-5-10-16-31)35(48-23-30-13-7-4-8-14-30)28-52-43(41)55-42-37(45)40(51-25-32-17-11-6-12-18-32)39(36(54-42)27-46-2)50-26-33-19-21-34(47-3)22-20-33/h4-22,35-43,45H,23-28H2,1-3H3/t35-,36+,37-,38+,39+,40+,41+,42-,43-/m0/s1. The van der Waals surface area contributed by atoms with Gasteiger partial charge in [0.05, 0.1) is 46.8 Å². The Kier molecular flexibility index (Phi) is 15.2. The van der Waals surface area contributed by atoms with Gasteiger partial charge in [-0.2, -0.15) is 0 Å². The molecule has 12 heteroatoms. The summed E-state index contributed by atoms with van der Waals surface area (Å²) in [5.41, 5.74) is 3.67. The van der Waals surface area contributed by atoms with E-state index in [9.17, 15) is 9.90 Å². The van der Waals surface area contributed by atoms with E-state index < -0.39 is 61.3 Å². The summed E-state index contributed by atoms with van der Waals surface area (Å²) in [6, 6.07) is 36.5. The van der Waals surface area contributed by atoms with Gasteiger partial charge < -0.3 is 52.5 Å². The van der Waals surface area contributed by atoms with Crippen LogP contribution in [0.5, 0.6) is 5.75 Å². The molecule has 294 valence electrons. The Hall–Kier alpha value is -4.21. The molecule has 6 rings (SSSR count). The third-order valence-corrected chi connectivity index (χ3v) is 9.38. The lowest BCUT2D eigenvalue weighted by molar-refractivity contribution is -0.375. The number of hydrogen-bond donors (Lipinski definition) is 1. The molecular weight excluding hydrogens is 708 g/mol. The molecule has 0 saturated carbocycles. The predicted molar refractivity (Wildman–Crippen MR) is 200 cm³/mol. The number of rotatable bonds is 18. The number of aliphatic hydroxyl groups excluding tert-OH is 1. The average molecular weight is 759 g/mol. The highest BCUT2D eigenvalue weighted by Crippen LogP contribution is 2.33. The topological polar surface area (TPSA) is 130 Å². The van der Waals surface area contributed by atoms with Gasteiger partial charge in [-0.25, -0.2) is 0 Å². The fourth-order valence-corrected chi connectivity index (χ4v) is 6.58. The fourth-order valence-electron chi connectivity index (χ4n) is 6.58. The smallest absolute Gasteiger partial charge is 0.303 e. The van der Waals surface area contributed by atoms with Crippen LogP contribution in [0.2, 0.25) is 0 Å². The summed E-state index contributed by atoms with van der Waals surface area (Å²) in [7, 11) is 3.16. The van der Waals surface area contributed by atoms with E-state index in [2.05, 4.69) is 0 Å². The Morgan fingerprint density at radius 3 is 1.67 bits per heavy atom. The predicted octanol–water partition coefficient (Wildman–Crippen LogP) is 5.37. The van der Waals surface area contributed by atoms with Crippen molar-refractivity contribution in [1.82, 2.24) is 0 Å². The second kappa shape index (κ2) is 20.6. The first-order valence-corrected chi connectivity index (χ1v) is 18.4. The van der Waals surface area contributed by atoms with Crippen molar-refractivity contribution in [2.45, 2.75) is 88.7 Å². The van der Waals surface area contributed by atoms with Crippen molar-refractivity contribution in [2.24, 2.45) is 0 Å². The van der Waals surface area contributed by atoms with Gasteiger partial charge in [0.2, 0.25) is 6.29 Å². The minimum absolute atomic E-state index is 0.0422. The van der Waals surface area contributed by atoms with Gasteiger partial charge in [-0.1, -0.05) is 103 Å². The summed E-state index contributed by atoms with van der Waals surface area (Å²) >= 11 is 0. The van der Waals surface area contributed by atoms with E-state index in [1.165, 1.54) is 6.92 Å². The largest absolute Gasteiger partial charge is 0.497 e. The number of ether oxygens (including phenoxy) is 10. The molecule has 12 nitrogen and oxygen atoms in total. The van der Waals surface area contributed by atoms with Gasteiger partial charge in [-0.3, -0.25) is 4.79 Å². The molecule has 0 amide bonds. The zero-order valence-corrected chi connectivity index (χ0v) is 31.3. The summed E-state index contributed by atoms with van der Waals surface area (Å²) in [6.45, 7) is 2.32. The first kappa shape index (κ1) is 40.5. The van der Waals surface area contributed by atoms with Crippen molar-refractivity contribution >= 4 is 5.97 Å². The Balaban J connectivity index is 1.24. The molecule has 0 aliphatic carbocycles. The second-order valence-corrected chi connectivity index (χ2v) is 13.4. The Morgan fingerprint density at radius 2 is 1.15 bits per heavy atom. The number of benzene rings is 4. The maximum atomic E-state index is 12.6. The molecule has 9 atom stereocenters. The maximum Gasteiger partial charge on any atom is 0.303 e. The molecule has 2 heterocycles. The minimum atomic E-state index is -1.37. The zero-order chi connectivity index (χ0) is 38.4. The SMILES string of the molecule is COC[C@H]1O[C@@H](O[C@@H]2OC[C@H](OCc3ccccc3)[C@@H](OCc3ccccc3)[C@H]2OC(C)=O)[C@@H](O)[C@@H](OCc2ccccc2)[C@@H]1OCc1ccc(OC)cc1. The molecule has 4 aromatic carbocycles. The van der Waals surface area contributed by atoms with E-state index in [0.29, 0.717) is 0 Å². The van der Waals surface area contributed by atoms with Crippen LogP contribution in [0.15, 0.2) is 115 Å². The number of aliphatic hydroxyl groups is 1. The molecule has 2 fully saturated rings. The lowest BCUT2D eigenvalue weighted by Gasteiger charge is -2.47. The number of methoxy groups -OCH3 is 2. The first-order valence-electron chi connectivity index (χ1n) is 18.4. The number of carbonyl (C=O) groups is 1. The third-order valence-electron chi connectivity index (χ3n) is 9.38. The zero-order valence-electron chi connectivity index (χ0n) is 31.3. The second-order valence-electron chi connectivity index (χ2n) is 13.4. The van der Waals surface area contributed by atoms with E-state index in [1.54, 1.807) is 14.2 Å². The molecule has 0 unspecified atom stereocenters. The quantitative estimate of drug-likeness (QED) is 0.131. The summed E-state index contributed by atoms with van der Waals surface area (Å²) < 4.78 is 61.5. The molecule has 2 aliphatic heterocycles. The van der Waals surface area contributed by atoms with Crippen LogP contribution in [-0.4, -0.2) is 93.8 Å². The molecule has 4 aromatic rings. The van der Waals surface area contributed by atoms with E-state index in [4.69, 9.17) is 47.4 Å². The van der Waals surface area contributed by atoms with Crippen molar-refractivity contribution in [1.29, 1.82) is 0 Å². The monoisotopic (exact) mass is 758 g/mol. The van der Waals surface area contributed by atoms with E-state index >= 15 is 0 Å². The van der Waals surface area contributed by atoms with Gasteiger partial charge in [-0.05, 0) is 34.4 Å². The normalized spacial score (nSPS) is 26.7. The molecule has 0 aromatic heterocycles. The number of esters is 1. The lowest BCUT2D eigenvalue weighted by atomic mass is 9.98. The van der Waals surface area contributed by atoms with Crippen molar-refractivity contribution in [3.8, 4) is 5.75 Å². The molecular formula is C43H50O12. The van der Waals surface area contributed by atoms with Gasteiger partial charge in [0, 0.05) is 14.0 Å². The molecule has 0 radical (unpaired) electrons. The summed E-state index contributed by atoms with van der Waals surface area (Å²) in [5, 5.41) is 12.0. The van der Waals surface area contributed by atoms with Crippen LogP contribution in [0.3, 0.4) is 0 Å². The minimum Gasteiger partial charge on any atom is -0.497 e.